The number of hydrogen-bond acceptors (Lipinski definition) is 6. The number of carbonyl (C=O) groups excluding carboxylic acids is 1. The molecule has 1 saturated carbocycles. The molecule has 3 aromatic heterocycles. The van der Waals surface area contributed by atoms with Crippen molar-refractivity contribution in [2.24, 2.45) is 5.92 Å². The van der Waals surface area contributed by atoms with E-state index in [0.717, 1.165) is 36.3 Å². The molecule has 1 atom stereocenters. The fourth-order valence-electron chi connectivity index (χ4n) is 4.51. The topological polar surface area (TPSA) is 93.2 Å². The molecule has 0 radical (unpaired) electrons. The first kappa shape index (κ1) is 25.6. The Balaban J connectivity index is 1.34. The predicted octanol–water partition coefficient (Wildman–Crippen LogP) is 4.95. The normalized spacial score (nSPS) is 17.9. The number of anilines is 2. The van der Waals surface area contributed by atoms with E-state index in [9.17, 15) is 18.0 Å². The molecule has 0 bridgehead atoms. The fraction of sp³-hybridized carbons (Fsp3) is 0.462. The zero-order valence-electron chi connectivity index (χ0n) is 21.0. The SMILES string of the molecule is [C-]#[N+]C(C)(C)[C@@H]1CCN(c2cc(NC(=O)c3cccc(-c4cnn(CC(F)(F)F)c4)n3)nc(C3CC3)n2)C1. The van der Waals surface area contributed by atoms with E-state index >= 15 is 0 Å². The Hall–Kier alpha value is -4.01. The highest BCUT2D eigenvalue weighted by Gasteiger charge is 2.41. The lowest BCUT2D eigenvalue weighted by atomic mass is 9.88. The molecule has 1 saturated heterocycles. The van der Waals surface area contributed by atoms with Gasteiger partial charge in [0.05, 0.1) is 17.8 Å². The number of carbonyl (C=O) groups is 1. The van der Waals surface area contributed by atoms with Gasteiger partial charge in [-0.15, -0.1) is 0 Å². The molecular formula is C26H27F3N8O. The smallest absolute Gasteiger partial charge is 0.356 e. The number of halogens is 3. The molecule has 1 N–H and O–H groups in total. The zero-order valence-corrected chi connectivity index (χ0v) is 21.0. The Bertz CT molecular complexity index is 1390. The van der Waals surface area contributed by atoms with Gasteiger partial charge in [-0.2, -0.15) is 18.3 Å². The summed E-state index contributed by atoms with van der Waals surface area (Å²) in [5.41, 5.74) is 0.339. The molecule has 2 fully saturated rings. The van der Waals surface area contributed by atoms with Gasteiger partial charge in [0.2, 0.25) is 5.54 Å². The summed E-state index contributed by atoms with van der Waals surface area (Å²) < 4.78 is 38.8. The van der Waals surface area contributed by atoms with Crippen LogP contribution in [0.3, 0.4) is 0 Å². The maximum Gasteiger partial charge on any atom is 0.408 e. The third-order valence-electron chi connectivity index (χ3n) is 6.97. The van der Waals surface area contributed by atoms with Crippen molar-refractivity contribution in [1.29, 1.82) is 0 Å². The molecule has 198 valence electrons. The molecule has 2 aliphatic rings. The van der Waals surface area contributed by atoms with Crippen LogP contribution >= 0.6 is 0 Å². The molecule has 5 rings (SSSR count). The van der Waals surface area contributed by atoms with Gasteiger partial charge in [0.1, 0.15) is 29.7 Å². The van der Waals surface area contributed by atoms with Crippen LogP contribution in [0, 0.1) is 12.5 Å². The summed E-state index contributed by atoms with van der Waals surface area (Å²) in [4.78, 5) is 32.7. The van der Waals surface area contributed by atoms with E-state index in [4.69, 9.17) is 11.6 Å². The monoisotopic (exact) mass is 524 g/mol. The number of aromatic nitrogens is 5. The minimum Gasteiger partial charge on any atom is -0.356 e. The lowest BCUT2D eigenvalue weighted by Gasteiger charge is -2.22. The number of amides is 1. The maximum absolute atomic E-state index is 13.1. The van der Waals surface area contributed by atoms with E-state index in [1.807, 2.05) is 13.8 Å². The Morgan fingerprint density at radius 2 is 1.97 bits per heavy atom. The molecule has 0 aromatic carbocycles. The summed E-state index contributed by atoms with van der Waals surface area (Å²) in [6.07, 6.45) is 1.01. The van der Waals surface area contributed by atoms with Crippen molar-refractivity contribution in [3.63, 3.8) is 0 Å². The number of alkyl halides is 3. The first-order chi connectivity index (χ1) is 18.0. The maximum atomic E-state index is 13.1. The number of rotatable bonds is 7. The first-order valence-corrected chi connectivity index (χ1v) is 12.4. The second-order valence-electron chi connectivity index (χ2n) is 10.3. The van der Waals surface area contributed by atoms with Crippen molar-refractivity contribution in [2.45, 2.75) is 57.3 Å². The summed E-state index contributed by atoms with van der Waals surface area (Å²) in [7, 11) is 0. The molecule has 4 heterocycles. The molecule has 1 aliphatic carbocycles. The standard InChI is InChI=1S/C26H27F3N8O/c1-25(2,30-3)18-9-10-36(14-18)22-11-21(33-23(35-22)16-7-8-16)34-24(38)20-6-4-5-19(32-20)17-12-31-37(13-17)15-26(27,28)29/h4-6,11-13,16,18H,7-10,14-15H2,1-2H3,(H,33,34,35,38)/t18-/m1/s1. The average Bonchev–Trinajstić information content (AvgIpc) is 3.41. The third-order valence-corrected chi connectivity index (χ3v) is 6.97. The molecular weight excluding hydrogens is 497 g/mol. The molecule has 1 aliphatic heterocycles. The quantitative estimate of drug-likeness (QED) is 0.440. The number of pyridine rings is 1. The van der Waals surface area contributed by atoms with Crippen molar-refractivity contribution in [3.8, 4) is 11.3 Å². The van der Waals surface area contributed by atoms with Gasteiger partial charge in [-0.3, -0.25) is 9.48 Å². The van der Waals surface area contributed by atoms with Crippen LogP contribution in [0.5, 0.6) is 0 Å². The molecule has 1 amide bonds. The van der Waals surface area contributed by atoms with Gasteiger partial charge in [-0.25, -0.2) is 21.5 Å². The van der Waals surface area contributed by atoms with Gasteiger partial charge in [0.15, 0.2) is 0 Å². The third kappa shape index (κ3) is 5.77. The summed E-state index contributed by atoms with van der Waals surface area (Å²) in [6, 6.07) is 6.49. The second-order valence-corrected chi connectivity index (χ2v) is 10.3. The van der Waals surface area contributed by atoms with E-state index in [1.165, 1.54) is 18.5 Å². The van der Waals surface area contributed by atoms with E-state index in [1.54, 1.807) is 18.2 Å². The summed E-state index contributed by atoms with van der Waals surface area (Å²) in [5.74, 6) is 1.75. The van der Waals surface area contributed by atoms with Crippen LogP contribution in [0.1, 0.15) is 55.3 Å². The highest BCUT2D eigenvalue weighted by molar-refractivity contribution is 6.02. The molecule has 0 unspecified atom stereocenters. The number of nitrogens with one attached hydrogen (secondary N) is 1. The number of hydrogen-bond donors (Lipinski definition) is 1. The van der Waals surface area contributed by atoms with Crippen LogP contribution in [0.2, 0.25) is 0 Å². The van der Waals surface area contributed by atoms with Crippen LogP contribution in [0.15, 0.2) is 36.7 Å². The van der Waals surface area contributed by atoms with Crippen molar-refractivity contribution in [1.82, 2.24) is 24.7 Å². The first-order valence-electron chi connectivity index (χ1n) is 12.4. The highest BCUT2D eigenvalue weighted by Crippen LogP contribution is 2.40. The van der Waals surface area contributed by atoms with Gasteiger partial charge in [0.25, 0.3) is 5.91 Å². The van der Waals surface area contributed by atoms with Gasteiger partial charge in [-0.1, -0.05) is 6.07 Å². The van der Waals surface area contributed by atoms with E-state index in [-0.39, 0.29) is 17.5 Å². The van der Waals surface area contributed by atoms with Gasteiger partial charge >= 0.3 is 6.18 Å². The van der Waals surface area contributed by atoms with Crippen LogP contribution in [0.25, 0.3) is 16.1 Å². The van der Waals surface area contributed by atoms with Crippen molar-refractivity contribution >= 4 is 17.5 Å². The van der Waals surface area contributed by atoms with Gasteiger partial charge in [0, 0.05) is 50.7 Å². The second kappa shape index (κ2) is 9.70. The van der Waals surface area contributed by atoms with Crippen LogP contribution in [-0.4, -0.2) is 55.4 Å². The lowest BCUT2D eigenvalue weighted by Crippen LogP contribution is -2.31. The van der Waals surface area contributed by atoms with E-state index in [0.29, 0.717) is 29.4 Å². The lowest BCUT2D eigenvalue weighted by molar-refractivity contribution is -0.142. The minimum absolute atomic E-state index is 0.0965. The molecule has 3 aromatic rings. The van der Waals surface area contributed by atoms with Gasteiger partial charge < -0.3 is 15.1 Å². The number of nitrogens with zero attached hydrogens (tertiary/aromatic N) is 7. The predicted molar refractivity (Wildman–Crippen MR) is 134 cm³/mol. The average molecular weight is 525 g/mol. The van der Waals surface area contributed by atoms with Crippen LogP contribution in [0.4, 0.5) is 24.8 Å². The zero-order chi connectivity index (χ0) is 27.1. The van der Waals surface area contributed by atoms with Crippen molar-refractivity contribution in [3.05, 3.63) is 59.6 Å². The fourth-order valence-corrected chi connectivity index (χ4v) is 4.51. The van der Waals surface area contributed by atoms with Crippen molar-refractivity contribution in [2.75, 3.05) is 23.3 Å². The van der Waals surface area contributed by atoms with Crippen LogP contribution in [-0.2, 0) is 6.54 Å². The Kier molecular flexibility index (Phi) is 6.54. The van der Waals surface area contributed by atoms with Crippen LogP contribution < -0.4 is 10.2 Å². The Morgan fingerprint density at radius 3 is 2.68 bits per heavy atom. The van der Waals surface area contributed by atoms with E-state index < -0.39 is 24.2 Å². The minimum atomic E-state index is -4.39. The molecule has 38 heavy (non-hydrogen) atoms. The summed E-state index contributed by atoms with van der Waals surface area (Å²) in [6.45, 7) is 11.7. The highest BCUT2D eigenvalue weighted by atomic mass is 19.4. The summed E-state index contributed by atoms with van der Waals surface area (Å²) >= 11 is 0. The Labute approximate surface area is 217 Å². The van der Waals surface area contributed by atoms with Gasteiger partial charge in [-0.05, 0) is 31.4 Å². The Morgan fingerprint density at radius 1 is 1.18 bits per heavy atom. The molecule has 9 nitrogen and oxygen atoms in total. The summed E-state index contributed by atoms with van der Waals surface area (Å²) in [5, 5.41) is 6.56. The molecule has 0 spiro atoms. The van der Waals surface area contributed by atoms with E-state index in [2.05, 4.69) is 30.1 Å². The van der Waals surface area contributed by atoms with Crippen molar-refractivity contribution < 1.29 is 18.0 Å². The largest absolute Gasteiger partial charge is 0.408 e. The molecule has 12 heteroatoms.